The molecular weight excluding hydrogens is 308 g/mol. The largest absolute Gasteiger partial charge is 0.368 e. The van der Waals surface area contributed by atoms with E-state index in [0.29, 0.717) is 16.3 Å². The summed E-state index contributed by atoms with van der Waals surface area (Å²) in [4.78, 5) is 21.6. The van der Waals surface area contributed by atoms with Gasteiger partial charge < -0.3 is 11.1 Å². The molecule has 6 heteroatoms. The first kappa shape index (κ1) is 15.1. The Hall–Kier alpha value is -2.86. The zero-order chi connectivity index (χ0) is 16.1. The summed E-state index contributed by atoms with van der Waals surface area (Å²) < 4.78 is 0. The Balaban J connectivity index is 1.88. The SMILES string of the molecule is Nc1ncc(C(=O)Nc2ccccc2)c(Sc2ccccc2)n1. The number of carbonyl (C=O) groups is 1. The molecule has 23 heavy (non-hydrogen) atoms. The standard InChI is InChI=1S/C17H14N4OS/c18-17-19-11-14(15(22)20-12-7-3-1-4-8-12)16(21-17)23-13-9-5-2-6-10-13/h1-11H,(H,20,22)(H2,18,19,21). The lowest BCUT2D eigenvalue weighted by Crippen LogP contribution is -2.15. The van der Waals surface area contributed by atoms with E-state index in [1.165, 1.54) is 18.0 Å². The van der Waals surface area contributed by atoms with Gasteiger partial charge >= 0.3 is 0 Å². The summed E-state index contributed by atoms with van der Waals surface area (Å²) >= 11 is 1.38. The van der Waals surface area contributed by atoms with Crippen molar-refractivity contribution < 1.29 is 4.79 Å². The Morgan fingerprint density at radius 1 is 1.00 bits per heavy atom. The molecule has 0 radical (unpaired) electrons. The molecule has 1 amide bonds. The van der Waals surface area contributed by atoms with Crippen LogP contribution >= 0.6 is 11.8 Å². The number of carbonyl (C=O) groups excluding carboxylic acids is 1. The molecule has 1 heterocycles. The molecule has 0 saturated carbocycles. The van der Waals surface area contributed by atoms with Gasteiger partial charge in [0.1, 0.15) is 5.03 Å². The zero-order valence-corrected chi connectivity index (χ0v) is 13.0. The van der Waals surface area contributed by atoms with Crippen LogP contribution in [0.2, 0.25) is 0 Å². The molecule has 3 N–H and O–H groups in total. The van der Waals surface area contributed by atoms with Crippen molar-refractivity contribution >= 4 is 29.3 Å². The fourth-order valence-corrected chi connectivity index (χ4v) is 2.84. The second kappa shape index (κ2) is 6.93. The van der Waals surface area contributed by atoms with Crippen LogP contribution in [-0.4, -0.2) is 15.9 Å². The number of nitrogen functional groups attached to an aromatic ring is 1. The summed E-state index contributed by atoms with van der Waals surface area (Å²) in [5.74, 6) is -0.130. The van der Waals surface area contributed by atoms with Crippen molar-refractivity contribution in [2.24, 2.45) is 0 Å². The highest BCUT2D eigenvalue weighted by molar-refractivity contribution is 7.99. The minimum Gasteiger partial charge on any atom is -0.368 e. The molecule has 0 unspecified atom stereocenters. The average Bonchev–Trinajstić information content (AvgIpc) is 2.57. The molecule has 114 valence electrons. The van der Waals surface area contributed by atoms with E-state index in [4.69, 9.17) is 5.73 Å². The van der Waals surface area contributed by atoms with Gasteiger partial charge in [-0.05, 0) is 24.3 Å². The Bertz CT molecular complexity index is 809. The molecule has 0 bridgehead atoms. The van der Waals surface area contributed by atoms with Gasteiger partial charge in [-0.2, -0.15) is 0 Å². The molecule has 2 aromatic carbocycles. The Morgan fingerprint density at radius 2 is 1.65 bits per heavy atom. The van der Waals surface area contributed by atoms with Crippen LogP contribution < -0.4 is 11.1 Å². The Kier molecular flexibility index (Phi) is 4.54. The molecule has 0 fully saturated rings. The van der Waals surface area contributed by atoms with Gasteiger partial charge in [0, 0.05) is 16.8 Å². The third kappa shape index (κ3) is 3.87. The third-order valence-corrected chi connectivity index (χ3v) is 4.02. The maximum absolute atomic E-state index is 12.5. The average molecular weight is 322 g/mol. The fraction of sp³-hybridized carbons (Fsp3) is 0. The van der Waals surface area contributed by atoms with Crippen LogP contribution in [0.1, 0.15) is 10.4 Å². The predicted molar refractivity (Wildman–Crippen MR) is 91.4 cm³/mol. The molecule has 3 rings (SSSR count). The topological polar surface area (TPSA) is 80.9 Å². The van der Waals surface area contributed by atoms with Gasteiger partial charge in [0.2, 0.25) is 5.95 Å². The predicted octanol–water partition coefficient (Wildman–Crippen LogP) is 3.46. The molecular formula is C17H14N4OS. The van der Waals surface area contributed by atoms with Crippen molar-refractivity contribution in [2.75, 3.05) is 11.1 Å². The van der Waals surface area contributed by atoms with E-state index in [1.807, 2.05) is 60.7 Å². The van der Waals surface area contributed by atoms with Gasteiger partial charge in [0.05, 0.1) is 5.56 Å². The van der Waals surface area contributed by atoms with Crippen molar-refractivity contribution in [1.82, 2.24) is 9.97 Å². The number of hydrogen-bond donors (Lipinski definition) is 2. The van der Waals surface area contributed by atoms with E-state index < -0.39 is 0 Å². The molecule has 0 aliphatic carbocycles. The van der Waals surface area contributed by atoms with Gasteiger partial charge in [0.15, 0.2) is 0 Å². The number of rotatable bonds is 4. The van der Waals surface area contributed by atoms with Crippen LogP contribution in [0.3, 0.4) is 0 Å². The number of aromatic nitrogens is 2. The van der Waals surface area contributed by atoms with E-state index >= 15 is 0 Å². The minimum absolute atomic E-state index is 0.139. The summed E-state index contributed by atoms with van der Waals surface area (Å²) in [5.41, 5.74) is 6.77. The van der Waals surface area contributed by atoms with Crippen LogP contribution in [0.25, 0.3) is 0 Å². The summed E-state index contributed by atoms with van der Waals surface area (Å²) in [5, 5.41) is 3.36. The van der Waals surface area contributed by atoms with E-state index in [1.54, 1.807) is 0 Å². The van der Waals surface area contributed by atoms with Crippen molar-refractivity contribution in [3.05, 3.63) is 72.4 Å². The van der Waals surface area contributed by atoms with Crippen molar-refractivity contribution in [2.45, 2.75) is 9.92 Å². The lowest BCUT2D eigenvalue weighted by molar-refractivity contribution is 0.102. The van der Waals surface area contributed by atoms with Crippen LogP contribution in [0.5, 0.6) is 0 Å². The van der Waals surface area contributed by atoms with Gasteiger partial charge in [-0.25, -0.2) is 9.97 Å². The second-order valence-electron chi connectivity index (χ2n) is 4.68. The highest BCUT2D eigenvalue weighted by Crippen LogP contribution is 2.29. The lowest BCUT2D eigenvalue weighted by atomic mass is 10.3. The molecule has 5 nitrogen and oxygen atoms in total. The highest BCUT2D eigenvalue weighted by atomic mass is 32.2. The summed E-state index contributed by atoms with van der Waals surface area (Å²) in [6.45, 7) is 0. The number of benzene rings is 2. The number of anilines is 2. The smallest absolute Gasteiger partial charge is 0.259 e. The maximum Gasteiger partial charge on any atom is 0.259 e. The Morgan fingerprint density at radius 3 is 2.35 bits per heavy atom. The van der Waals surface area contributed by atoms with Crippen LogP contribution in [0, 0.1) is 0 Å². The van der Waals surface area contributed by atoms with E-state index in [9.17, 15) is 4.79 Å². The van der Waals surface area contributed by atoms with Gasteiger partial charge in [-0.3, -0.25) is 4.79 Å². The molecule has 0 aliphatic heterocycles. The molecule has 0 atom stereocenters. The van der Waals surface area contributed by atoms with Gasteiger partial charge in [0.25, 0.3) is 5.91 Å². The van der Waals surface area contributed by atoms with E-state index in [0.717, 1.165) is 4.90 Å². The molecule has 0 saturated heterocycles. The first-order chi connectivity index (χ1) is 11.2. The van der Waals surface area contributed by atoms with Crippen LogP contribution in [-0.2, 0) is 0 Å². The van der Waals surface area contributed by atoms with Crippen LogP contribution in [0.4, 0.5) is 11.6 Å². The Labute approximate surface area is 138 Å². The number of hydrogen-bond acceptors (Lipinski definition) is 5. The van der Waals surface area contributed by atoms with Crippen molar-refractivity contribution in [3.8, 4) is 0 Å². The fourth-order valence-electron chi connectivity index (χ4n) is 1.93. The first-order valence-electron chi connectivity index (χ1n) is 6.94. The second-order valence-corrected chi connectivity index (χ2v) is 5.74. The molecule has 0 aliphatic rings. The van der Waals surface area contributed by atoms with Gasteiger partial charge in [-0.15, -0.1) is 0 Å². The summed E-state index contributed by atoms with van der Waals surface area (Å²) in [6.07, 6.45) is 1.45. The number of amides is 1. The normalized spacial score (nSPS) is 10.3. The number of nitrogens with zero attached hydrogens (tertiary/aromatic N) is 2. The number of para-hydroxylation sites is 1. The molecule has 0 spiro atoms. The first-order valence-corrected chi connectivity index (χ1v) is 7.76. The number of nitrogens with two attached hydrogens (primary N) is 1. The van der Waals surface area contributed by atoms with E-state index in [-0.39, 0.29) is 11.9 Å². The highest BCUT2D eigenvalue weighted by Gasteiger charge is 2.15. The quantitative estimate of drug-likeness (QED) is 0.719. The summed E-state index contributed by atoms with van der Waals surface area (Å²) in [7, 11) is 0. The van der Waals surface area contributed by atoms with E-state index in [2.05, 4.69) is 15.3 Å². The molecule has 3 aromatic rings. The monoisotopic (exact) mass is 322 g/mol. The zero-order valence-electron chi connectivity index (χ0n) is 12.1. The third-order valence-electron chi connectivity index (χ3n) is 3.01. The lowest BCUT2D eigenvalue weighted by Gasteiger charge is -2.09. The van der Waals surface area contributed by atoms with Crippen molar-refractivity contribution in [1.29, 1.82) is 0 Å². The number of nitrogens with one attached hydrogen (secondary N) is 1. The summed E-state index contributed by atoms with van der Waals surface area (Å²) in [6, 6.07) is 18.9. The minimum atomic E-state index is -0.269. The maximum atomic E-state index is 12.5. The van der Waals surface area contributed by atoms with Crippen LogP contribution in [0.15, 0.2) is 76.8 Å². The van der Waals surface area contributed by atoms with Crippen molar-refractivity contribution in [3.63, 3.8) is 0 Å². The van der Waals surface area contributed by atoms with Gasteiger partial charge in [-0.1, -0.05) is 48.2 Å². The molecule has 1 aromatic heterocycles.